The lowest BCUT2D eigenvalue weighted by atomic mass is 9.94. The van der Waals surface area contributed by atoms with Crippen LogP contribution in [0.2, 0.25) is 0 Å². The van der Waals surface area contributed by atoms with Crippen LogP contribution in [0.15, 0.2) is 22.1 Å². The van der Waals surface area contributed by atoms with Crippen molar-refractivity contribution in [2.24, 2.45) is 5.92 Å². The molecule has 0 aliphatic carbocycles. The lowest BCUT2D eigenvalue weighted by Crippen LogP contribution is -2.31. The van der Waals surface area contributed by atoms with E-state index >= 15 is 0 Å². The maximum Gasteiger partial charge on any atom is 0.423 e. The van der Waals surface area contributed by atoms with E-state index < -0.39 is 45.5 Å². The average Bonchev–Trinajstić information content (AvgIpc) is 2.71. The molecule has 0 aromatic carbocycles. The highest BCUT2D eigenvalue weighted by atomic mass is 32.2. The minimum Gasteiger partial charge on any atom is -0.478 e. The second-order valence-electron chi connectivity index (χ2n) is 3.95. The van der Waals surface area contributed by atoms with Gasteiger partial charge in [-0.1, -0.05) is 6.08 Å². The van der Waals surface area contributed by atoms with Crippen molar-refractivity contribution in [1.82, 2.24) is 0 Å². The molecule has 1 N–H and O–H groups in total. The van der Waals surface area contributed by atoms with Crippen molar-refractivity contribution in [3.05, 3.63) is 22.1 Å². The topological polar surface area (TPSA) is 84.9 Å². The smallest absolute Gasteiger partial charge is 0.423 e. The number of carbonyl (C=O) groups is 1. The van der Waals surface area contributed by atoms with E-state index in [1.54, 1.807) is 0 Å². The standard InChI is InChI=1S/C11H4F6N2O2S/c12-10(13,14)5(9(20)21)1-6-8(11(15,16)17)4(2-18)7(3-19)22-6/h1,6,8H,(H,20,21). The van der Waals surface area contributed by atoms with Crippen molar-refractivity contribution in [2.75, 3.05) is 0 Å². The van der Waals surface area contributed by atoms with Crippen LogP contribution in [0, 0.1) is 28.6 Å². The number of nitrogens with zero attached hydrogens (tertiary/aromatic N) is 2. The van der Waals surface area contributed by atoms with E-state index in [0.29, 0.717) is 0 Å². The second-order valence-corrected chi connectivity index (χ2v) is 5.14. The third-order valence-corrected chi connectivity index (χ3v) is 3.81. The summed E-state index contributed by atoms with van der Waals surface area (Å²) in [4.78, 5) is 9.89. The summed E-state index contributed by atoms with van der Waals surface area (Å²) in [5.41, 5.74) is -3.20. The molecule has 1 rings (SSSR count). The minimum atomic E-state index is -5.37. The Morgan fingerprint density at radius 1 is 1.18 bits per heavy atom. The number of aliphatic carboxylic acids is 1. The average molecular weight is 342 g/mol. The van der Waals surface area contributed by atoms with Gasteiger partial charge in [-0.3, -0.25) is 0 Å². The third kappa shape index (κ3) is 3.54. The number of allylic oxidation sites excluding steroid dienone is 2. The van der Waals surface area contributed by atoms with Gasteiger partial charge >= 0.3 is 18.3 Å². The van der Waals surface area contributed by atoms with Crippen LogP contribution in [-0.4, -0.2) is 28.7 Å². The fourth-order valence-corrected chi connectivity index (χ4v) is 2.97. The number of thioether (sulfide) groups is 1. The molecule has 0 aromatic heterocycles. The second kappa shape index (κ2) is 5.93. The Labute approximate surface area is 123 Å². The molecule has 0 spiro atoms. The van der Waals surface area contributed by atoms with E-state index in [1.807, 2.05) is 0 Å². The SMILES string of the molecule is N#CC1=C(C#N)C(C(F)(F)F)C(C=C(C(=O)O)C(F)(F)F)S1. The Morgan fingerprint density at radius 2 is 1.73 bits per heavy atom. The van der Waals surface area contributed by atoms with E-state index in [9.17, 15) is 31.1 Å². The van der Waals surface area contributed by atoms with Gasteiger partial charge in [-0.15, -0.1) is 11.8 Å². The monoisotopic (exact) mass is 342 g/mol. The van der Waals surface area contributed by atoms with Gasteiger partial charge in [-0.25, -0.2) is 4.79 Å². The predicted octanol–water partition coefficient (Wildman–Crippen LogP) is 3.15. The van der Waals surface area contributed by atoms with Crippen LogP contribution in [0.1, 0.15) is 0 Å². The first kappa shape index (κ1) is 17.9. The molecule has 22 heavy (non-hydrogen) atoms. The van der Waals surface area contributed by atoms with Crippen LogP contribution in [0.4, 0.5) is 26.3 Å². The summed E-state index contributed by atoms with van der Waals surface area (Å²) in [6.45, 7) is 0. The van der Waals surface area contributed by atoms with E-state index in [1.165, 1.54) is 6.07 Å². The van der Waals surface area contributed by atoms with Crippen molar-refractivity contribution in [2.45, 2.75) is 17.6 Å². The number of alkyl halides is 6. The van der Waals surface area contributed by atoms with Gasteiger partial charge in [0.05, 0.1) is 16.5 Å². The highest BCUT2D eigenvalue weighted by Crippen LogP contribution is 2.50. The molecule has 0 aromatic rings. The molecule has 1 aliphatic rings. The van der Waals surface area contributed by atoms with Crippen LogP contribution in [0.25, 0.3) is 0 Å². The Kier molecular flexibility index (Phi) is 4.82. The van der Waals surface area contributed by atoms with Gasteiger partial charge in [-0.2, -0.15) is 36.9 Å². The molecule has 4 nitrogen and oxygen atoms in total. The van der Waals surface area contributed by atoms with E-state index in [0.717, 1.165) is 6.07 Å². The largest absolute Gasteiger partial charge is 0.478 e. The fourth-order valence-electron chi connectivity index (χ4n) is 1.71. The Bertz CT molecular complexity index is 635. The first-order valence-electron chi connectivity index (χ1n) is 5.23. The Morgan fingerprint density at radius 3 is 2.05 bits per heavy atom. The van der Waals surface area contributed by atoms with Gasteiger partial charge < -0.3 is 5.11 Å². The summed E-state index contributed by atoms with van der Waals surface area (Å²) in [6, 6.07) is 2.45. The summed E-state index contributed by atoms with van der Waals surface area (Å²) < 4.78 is 76.4. The zero-order valence-electron chi connectivity index (χ0n) is 10.2. The van der Waals surface area contributed by atoms with Crippen molar-refractivity contribution in [3.63, 3.8) is 0 Å². The third-order valence-electron chi connectivity index (χ3n) is 2.58. The number of hydrogen-bond acceptors (Lipinski definition) is 4. The maximum atomic E-state index is 12.9. The van der Waals surface area contributed by atoms with Crippen molar-refractivity contribution in [3.8, 4) is 12.1 Å². The molecule has 0 saturated heterocycles. The van der Waals surface area contributed by atoms with Gasteiger partial charge in [0.2, 0.25) is 0 Å². The zero-order chi connectivity index (χ0) is 17.3. The molecule has 0 bridgehead atoms. The van der Waals surface area contributed by atoms with Crippen molar-refractivity contribution >= 4 is 17.7 Å². The van der Waals surface area contributed by atoms with E-state index in [2.05, 4.69) is 0 Å². The summed E-state index contributed by atoms with van der Waals surface area (Å²) in [5, 5.41) is 23.8. The summed E-state index contributed by atoms with van der Waals surface area (Å²) in [5.74, 6) is -5.12. The van der Waals surface area contributed by atoms with Crippen LogP contribution >= 0.6 is 11.8 Å². The molecule has 0 saturated carbocycles. The molecule has 0 fully saturated rings. The fraction of sp³-hybridized carbons (Fsp3) is 0.364. The maximum absolute atomic E-state index is 12.9. The van der Waals surface area contributed by atoms with Crippen LogP contribution in [0.5, 0.6) is 0 Å². The normalized spacial score (nSPS) is 23.2. The highest BCUT2D eigenvalue weighted by Gasteiger charge is 2.53. The van der Waals surface area contributed by atoms with Crippen LogP contribution in [-0.2, 0) is 4.79 Å². The Balaban J connectivity index is 3.41. The van der Waals surface area contributed by atoms with Crippen LogP contribution in [0.3, 0.4) is 0 Å². The molecule has 1 heterocycles. The molecule has 0 amide bonds. The molecule has 2 unspecified atom stereocenters. The predicted molar refractivity (Wildman–Crippen MR) is 60.9 cm³/mol. The first-order chi connectivity index (χ1) is 9.93. The van der Waals surface area contributed by atoms with Crippen LogP contribution < -0.4 is 0 Å². The number of rotatable bonds is 2. The molecule has 11 heteroatoms. The Hall–Kier alpha value is -2.14. The van der Waals surface area contributed by atoms with Gasteiger partial charge in [0.25, 0.3) is 0 Å². The number of nitriles is 2. The molecule has 0 radical (unpaired) electrons. The summed E-state index contributed by atoms with van der Waals surface area (Å²) in [7, 11) is 0. The minimum absolute atomic E-state index is 0.0765. The van der Waals surface area contributed by atoms with Gasteiger partial charge in [-0.05, 0) is 0 Å². The lowest BCUT2D eigenvalue weighted by molar-refractivity contribution is -0.161. The summed E-state index contributed by atoms with van der Waals surface area (Å²) >= 11 is 0.0765. The van der Waals surface area contributed by atoms with E-state index in [4.69, 9.17) is 15.6 Å². The first-order valence-corrected chi connectivity index (χ1v) is 6.11. The molecule has 2 atom stereocenters. The highest BCUT2D eigenvalue weighted by molar-refractivity contribution is 8.04. The van der Waals surface area contributed by atoms with Gasteiger partial charge in [0, 0.05) is 5.25 Å². The molecular formula is C11H4F6N2O2S. The zero-order valence-corrected chi connectivity index (χ0v) is 11.0. The van der Waals surface area contributed by atoms with E-state index in [-0.39, 0.29) is 17.8 Å². The number of halogens is 6. The summed E-state index contributed by atoms with van der Waals surface area (Å²) in [6.07, 6.45) is -10.6. The lowest BCUT2D eigenvalue weighted by Gasteiger charge is -2.20. The van der Waals surface area contributed by atoms with Gasteiger partial charge in [0.15, 0.2) is 0 Å². The van der Waals surface area contributed by atoms with Crippen molar-refractivity contribution < 1.29 is 36.2 Å². The number of hydrogen-bond donors (Lipinski definition) is 1. The van der Waals surface area contributed by atoms with Gasteiger partial charge in [0.1, 0.15) is 17.6 Å². The molecule has 118 valence electrons. The quantitative estimate of drug-likeness (QED) is 0.615. The number of carboxylic acids is 1. The van der Waals surface area contributed by atoms with Crippen molar-refractivity contribution in [1.29, 1.82) is 10.5 Å². The molecule has 1 aliphatic heterocycles. The number of carboxylic acid groups (broad SMARTS) is 1. The molecular weight excluding hydrogens is 338 g/mol.